The number of benzene rings is 2. The van der Waals surface area contributed by atoms with E-state index in [0.717, 1.165) is 56.3 Å². The highest BCUT2D eigenvalue weighted by Crippen LogP contribution is 2.27. The topological polar surface area (TPSA) is 66.3 Å². The van der Waals surface area contributed by atoms with E-state index < -0.39 is 0 Å². The second kappa shape index (κ2) is 9.07. The van der Waals surface area contributed by atoms with Crippen molar-refractivity contribution in [2.75, 3.05) is 40.4 Å². The van der Waals surface area contributed by atoms with E-state index in [9.17, 15) is 0 Å². The van der Waals surface area contributed by atoms with E-state index >= 15 is 0 Å². The molecule has 0 spiro atoms. The van der Waals surface area contributed by atoms with Crippen LogP contribution in [0.2, 0.25) is 0 Å². The highest BCUT2D eigenvalue weighted by molar-refractivity contribution is 5.53. The summed E-state index contributed by atoms with van der Waals surface area (Å²) >= 11 is 0. The second-order valence-electron chi connectivity index (χ2n) is 7.42. The van der Waals surface area contributed by atoms with Crippen LogP contribution in [0, 0.1) is 0 Å². The summed E-state index contributed by atoms with van der Waals surface area (Å²) in [6, 6.07) is 16.1. The molecule has 2 N–H and O–H groups in total. The Hall–Kier alpha value is -2.90. The van der Waals surface area contributed by atoms with Gasteiger partial charge in [-0.15, -0.1) is 0 Å². The van der Waals surface area contributed by atoms with Gasteiger partial charge < -0.3 is 23.8 Å². The smallest absolute Gasteiger partial charge is 0.282 e. The van der Waals surface area contributed by atoms with Crippen LogP contribution in [-0.4, -0.2) is 50.5 Å². The third kappa shape index (κ3) is 4.75. The first kappa shape index (κ1) is 19.4. The van der Waals surface area contributed by atoms with Gasteiger partial charge in [-0.1, -0.05) is 35.5 Å². The van der Waals surface area contributed by atoms with Crippen molar-refractivity contribution >= 4 is 0 Å². The van der Waals surface area contributed by atoms with Crippen LogP contribution in [0.15, 0.2) is 53.1 Å². The Balaban J connectivity index is 1.29. The maximum atomic E-state index is 5.48. The largest absolute Gasteiger partial charge is 0.493 e. The minimum atomic E-state index is 0.665. The lowest BCUT2D eigenvalue weighted by Gasteiger charge is -2.29. The molecule has 0 aliphatic carbocycles. The van der Waals surface area contributed by atoms with E-state index in [1.807, 2.05) is 36.4 Å². The number of quaternary nitrogens is 2. The predicted molar refractivity (Wildman–Crippen MR) is 108 cm³/mol. The van der Waals surface area contributed by atoms with Gasteiger partial charge in [-0.25, -0.2) is 0 Å². The Bertz CT molecular complexity index is 921. The molecular weight excluding hydrogens is 368 g/mol. The van der Waals surface area contributed by atoms with Gasteiger partial charge in [0.1, 0.15) is 32.7 Å². The molecule has 0 bridgehead atoms. The summed E-state index contributed by atoms with van der Waals surface area (Å²) in [4.78, 5) is 7.64. The van der Waals surface area contributed by atoms with E-state index in [4.69, 9.17) is 14.0 Å². The van der Waals surface area contributed by atoms with Crippen molar-refractivity contribution < 1.29 is 23.8 Å². The summed E-state index contributed by atoms with van der Waals surface area (Å²) in [5.41, 5.74) is 2.26. The summed E-state index contributed by atoms with van der Waals surface area (Å²) in [5, 5.41) is 4.13. The summed E-state index contributed by atoms with van der Waals surface area (Å²) in [5.74, 6) is 2.94. The van der Waals surface area contributed by atoms with Gasteiger partial charge in [0.15, 0.2) is 18.0 Å². The standard InChI is InChI=1S/C22H26N4O3/c1-27-19-9-8-17(14-20(19)28-2)15-25-10-12-26(13-11-25)16-21-23-22(24-29-21)18-6-4-3-5-7-18/h3-9,14H,10-13,15-16H2,1-2H3/p+2. The monoisotopic (exact) mass is 396 g/mol. The van der Waals surface area contributed by atoms with Crippen molar-refractivity contribution in [2.24, 2.45) is 0 Å². The van der Waals surface area contributed by atoms with Gasteiger partial charge in [0, 0.05) is 11.1 Å². The fourth-order valence-corrected chi connectivity index (χ4v) is 3.83. The minimum absolute atomic E-state index is 0.665. The molecule has 3 aromatic rings. The molecule has 1 aliphatic rings. The first-order valence-corrected chi connectivity index (χ1v) is 10.0. The van der Waals surface area contributed by atoms with Crippen LogP contribution in [0.5, 0.6) is 11.5 Å². The highest BCUT2D eigenvalue weighted by Gasteiger charge is 2.25. The van der Waals surface area contributed by atoms with Crippen LogP contribution in [0.3, 0.4) is 0 Å². The molecule has 7 nitrogen and oxygen atoms in total. The first-order valence-electron chi connectivity index (χ1n) is 10.0. The number of methoxy groups -OCH3 is 2. The van der Waals surface area contributed by atoms with Crippen LogP contribution < -0.4 is 19.3 Å². The molecule has 4 rings (SSSR count). The van der Waals surface area contributed by atoms with E-state index in [2.05, 4.69) is 22.3 Å². The first-order chi connectivity index (χ1) is 14.2. The zero-order chi connectivity index (χ0) is 20.1. The number of nitrogens with one attached hydrogen (secondary N) is 2. The molecule has 0 atom stereocenters. The fourth-order valence-electron chi connectivity index (χ4n) is 3.83. The predicted octanol–water partition coefficient (Wildman–Crippen LogP) is 0.237. The lowest BCUT2D eigenvalue weighted by Crippen LogP contribution is -3.27. The van der Waals surface area contributed by atoms with E-state index in [1.54, 1.807) is 19.1 Å². The summed E-state index contributed by atoms with van der Waals surface area (Å²) < 4.78 is 16.2. The number of aromatic nitrogens is 2. The third-order valence-electron chi connectivity index (χ3n) is 5.47. The van der Waals surface area contributed by atoms with Crippen LogP contribution in [0.4, 0.5) is 0 Å². The third-order valence-corrected chi connectivity index (χ3v) is 5.47. The normalized spacial score (nSPS) is 19.1. The Kier molecular flexibility index (Phi) is 6.07. The molecule has 1 saturated heterocycles. The number of hydrogen-bond acceptors (Lipinski definition) is 5. The molecule has 2 aromatic carbocycles. The maximum absolute atomic E-state index is 5.48. The average molecular weight is 396 g/mol. The van der Waals surface area contributed by atoms with E-state index in [1.165, 1.54) is 10.5 Å². The maximum Gasteiger partial charge on any atom is 0.282 e. The summed E-state index contributed by atoms with van der Waals surface area (Å²) in [7, 11) is 3.34. The average Bonchev–Trinajstić information content (AvgIpc) is 3.24. The second-order valence-corrected chi connectivity index (χ2v) is 7.42. The number of piperazine rings is 1. The van der Waals surface area contributed by atoms with Gasteiger partial charge in [0.2, 0.25) is 5.82 Å². The molecule has 0 radical (unpaired) electrons. The molecule has 7 heteroatoms. The quantitative estimate of drug-likeness (QED) is 0.599. The molecule has 2 heterocycles. The fraction of sp³-hybridized carbons (Fsp3) is 0.364. The van der Waals surface area contributed by atoms with Crippen molar-refractivity contribution in [3.8, 4) is 22.9 Å². The number of hydrogen-bond donors (Lipinski definition) is 2. The van der Waals surface area contributed by atoms with Crippen LogP contribution in [0.1, 0.15) is 11.5 Å². The highest BCUT2D eigenvalue weighted by atomic mass is 16.5. The van der Waals surface area contributed by atoms with Gasteiger partial charge in [-0.2, -0.15) is 4.98 Å². The molecule has 0 amide bonds. The Morgan fingerprint density at radius 1 is 0.862 bits per heavy atom. The number of rotatable bonds is 7. The van der Waals surface area contributed by atoms with Crippen LogP contribution in [-0.2, 0) is 13.1 Å². The zero-order valence-corrected chi connectivity index (χ0v) is 17.0. The molecule has 0 saturated carbocycles. The Morgan fingerprint density at radius 3 is 2.24 bits per heavy atom. The minimum Gasteiger partial charge on any atom is -0.493 e. The van der Waals surface area contributed by atoms with Crippen molar-refractivity contribution in [1.82, 2.24) is 10.1 Å². The lowest BCUT2D eigenvalue weighted by molar-refractivity contribution is -1.02. The van der Waals surface area contributed by atoms with Gasteiger partial charge in [-0.3, -0.25) is 0 Å². The van der Waals surface area contributed by atoms with Gasteiger partial charge in [0.25, 0.3) is 5.89 Å². The number of nitrogens with zero attached hydrogens (tertiary/aromatic N) is 2. The summed E-state index contributed by atoms with van der Waals surface area (Å²) in [6.07, 6.45) is 0. The molecule has 1 aliphatic heterocycles. The van der Waals surface area contributed by atoms with Crippen LogP contribution in [0.25, 0.3) is 11.4 Å². The van der Waals surface area contributed by atoms with Crippen molar-refractivity contribution in [2.45, 2.75) is 13.1 Å². The van der Waals surface area contributed by atoms with Gasteiger partial charge in [-0.05, 0) is 18.2 Å². The molecule has 1 fully saturated rings. The SMILES string of the molecule is COc1ccc(C[NH+]2CC[NH+](Cc3nc(-c4ccccc4)no3)CC2)cc1OC. The van der Waals surface area contributed by atoms with E-state index in [0.29, 0.717) is 11.7 Å². The summed E-state index contributed by atoms with van der Waals surface area (Å²) in [6.45, 7) is 6.18. The van der Waals surface area contributed by atoms with Crippen LogP contribution >= 0.6 is 0 Å². The van der Waals surface area contributed by atoms with Crippen molar-refractivity contribution in [1.29, 1.82) is 0 Å². The van der Waals surface area contributed by atoms with Crippen molar-refractivity contribution in [3.63, 3.8) is 0 Å². The lowest BCUT2D eigenvalue weighted by atomic mass is 10.1. The molecular formula is C22H28N4O3+2. The molecule has 152 valence electrons. The molecule has 0 unspecified atom stereocenters. The van der Waals surface area contributed by atoms with Gasteiger partial charge >= 0.3 is 0 Å². The van der Waals surface area contributed by atoms with E-state index in [-0.39, 0.29) is 0 Å². The Morgan fingerprint density at radius 2 is 1.55 bits per heavy atom. The molecule has 29 heavy (non-hydrogen) atoms. The van der Waals surface area contributed by atoms with Crippen molar-refractivity contribution in [3.05, 3.63) is 60.0 Å². The molecule has 1 aromatic heterocycles. The van der Waals surface area contributed by atoms with Gasteiger partial charge in [0.05, 0.1) is 14.2 Å². The zero-order valence-electron chi connectivity index (χ0n) is 17.0. The Labute approximate surface area is 170 Å². The number of ether oxygens (including phenoxy) is 2.